The molecule has 112 valence electrons. The third kappa shape index (κ3) is 3.93. The Kier molecular flexibility index (Phi) is 4.91. The van der Waals surface area contributed by atoms with Gasteiger partial charge in [-0.25, -0.2) is 0 Å². The maximum absolute atomic E-state index is 6.19. The zero-order chi connectivity index (χ0) is 13.9. The standard InChI is InChI=1S/C16H32N2O/c1-15(2,12-17)13-18(3)14-7-10-19-16(11-14)8-5-4-6-9-16/h14H,4-13,17H2,1-3H3. The molecule has 1 unspecified atom stereocenters. The van der Waals surface area contributed by atoms with Gasteiger partial charge in [0.2, 0.25) is 0 Å². The normalized spacial score (nSPS) is 27.9. The molecule has 1 heterocycles. The first-order chi connectivity index (χ1) is 8.96. The molecular formula is C16H32N2O. The fourth-order valence-electron chi connectivity index (χ4n) is 3.79. The highest BCUT2D eigenvalue weighted by Gasteiger charge is 2.40. The highest BCUT2D eigenvalue weighted by Crippen LogP contribution is 2.39. The lowest BCUT2D eigenvalue weighted by molar-refractivity contribution is -0.123. The molecule has 1 atom stereocenters. The molecule has 0 bridgehead atoms. The average molecular weight is 268 g/mol. The molecule has 1 saturated carbocycles. The smallest absolute Gasteiger partial charge is 0.0697 e. The summed E-state index contributed by atoms with van der Waals surface area (Å²) >= 11 is 0. The molecule has 2 N–H and O–H groups in total. The van der Waals surface area contributed by atoms with Gasteiger partial charge >= 0.3 is 0 Å². The van der Waals surface area contributed by atoms with Gasteiger partial charge in [0.25, 0.3) is 0 Å². The summed E-state index contributed by atoms with van der Waals surface area (Å²) in [6.45, 7) is 7.31. The lowest BCUT2D eigenvalue weighted by Gasteiger charge is -2.47. The number of nitrogens with two attached hydrogens (primary N) is 1. The molecule has 19 heavy (non-hydrogen) atoms. The van der Waals surface area contributed by atoms with Gasteiger partial charge in [0.05, 0.1) is 5.60 Å². The van der Waals surface area contributed by atoms with Crippen LogP contribution in [0.15, 0.2) is 0 Å². The molecule has 1 saturated heterocycles. The molecule has 2 fully saturated rings. The molecule has 0 aromatic heterocycles. The van der Waals surface area contributed by atoms with Crippen LogP contribution in [0.1, 0.15) is 58.8 Å². The van der Waals surface area contributed by atoms with Crippen LogP contribution in [0.4, 0.5) is 0 Å². The Hall–Kier alpha value is -0.120. The van der Waals surface area contributed by atoms with Gasteiger partial charge in [-0.1, -0.05) is 33.1 Å². The number of ether oxygens (including phenoxy) is 1. The zero-order valence-electron chi connectivity index (χ0n) is 13.1. The van der Waals surface area contributed by atoms with Crippen LogP contribution >= 0.6 is 0 Å². The van der Waals surface area contributed by atoms with E-state index in [4.69, 9.17) is 10.5 Å². The second-order valence-electron chi connectivity index (χ2n) is 7.52. The van der Waals surface area contributed by atoms with Crippen LogP contribution in [0.25, 0.3) is 0 Å². The van der Waals surface area contributed by atoms with E-state index < -0.39 is 0 Å². The highest BCUT2D eigenvalue weighted by atomic mass is 16.5. The fourth-order valence-corrected chi connectivity index (χ4v) is 3.79. The molecule has 1 spiro atoms. The van der Waals surface area contributed by atoms with Crippen LogP contribution in [0, 0.1) is 5.41 Å². The second-order valence-corrected chi connectivity index (χ2v) is 7.52. The molecule has 2 rings (SSSR count). The van der Waals surface area contributed by atoms with Crippen molar-refractivity contribution >= 4 is 0 Å². The van der Waals surface area contributed by atoms with Crippen molar-refractivity contribution in [2.45, 2.75) is 70.4 Å². The minimum atomic E-state index is 0.211. The molecular weight excluding hydrogens is 236 g/mol. The van der Waals surface area contributed by atoms with Crippen LogP contribution in [0.3, 0.4) is 0 Å². The summed E-state index contributed by atoms with van der Waals surface area (Å²) in [5.41, 5.74) is 6.29. The third-order valence-electron chi connectivity index (χ3n) is 5.09. The Morgan fingerprint density at radius 3 is 2.58 bits per heavy atom. The van der Waals surface area contributed by atoms with E-state index in [2.05, 4.69) is 25.8 Å². The number of rotatable bonds is 4. The average Bonchev–Trinajstić information content (AvgIpc) is 2.39. The van der Waals surface area contributed by atoms with Crippen LogP contribution in [-0.2, 0) is 4.74 Å². The first-order valence-corrected chi connectivity index (χ1v) is 8.01. The van der Waals surface area contributed by atoms with Crippen LogP contribution in [0.2, 0.25) is 0 Å². The van der Waals surface area contributed by atoms with Crippen molar-refractivity contribution in [3.8, 4) is 0 Å². The molecule has 3 heteroatoms. The van der Waals surface area contributed by atoms with E-state index in [1.54, 1.807) is 0 Å². The van der Waals surface area contributed by atoms with Crippen molar-refractivity contribution in [3.05, 3.63) is 0 Å². The van der Waals surface area contributed by atoms with E-state index in [1.165, 1.54) is 44.9 Å². The van der Waals surface area contributed by atoms with Crippen molar-refractivity contribution in [2.24, 2.45) is 11.1 Å². The van der Waals surface area contributed by atoms with E-state index in [0.717, 1.165) is 19.7 Å². The van der Waals surface area contributed by atoms with E-state index in [9.17, 15) is 0 Å². The SMILES string of the molecule is CN(CC(C)(C)CN)C1CCOC2(CCCCC2)C1. The third-order valence-corrected chi connectivity index (χ3v) is 5.09. The summed E-state index contributed by atoms with van der Waals surface area (Å²) < 4.78 is 6.19. The van der Waals surface area contributed by atoms with Crippen molar-refractivity contribution in [2.75, 3.05) is 26.7 Å². The van der Waals surface area contributed by atoms with Crippen molar-refractivity contribution in [3.63, 3.8) is 0 Å². The molecule has 1 aliphatic carbocycles. The minimum Gasteiger partial charge on any atom is -0.375 e. The summed E-state index contributed by atoms with van der Waals surface area (Å²) in [5, 5.41) is 0. The fraction of sp³-hybridized carbons (Fsp3) is 1.00. The molecule has 0 aromatic carbocycles. The van der Waals surface area contributed by atoms with Gasteiger partial charge in [0.15, 0.2) is 0 Å². The first kappa shape index (κ1) is 15.3. The lowest BCUT2D eigenvalue weighted by atomic mass is 9.77. The Morgan fingerprint density at radius 2 is 1.95 bits per heavy atom. The number of hydrogen-bond acceptors (Lipinski definition) is 3. The van der Waals surface area contributed by atoms with Crippen LogP contribution < -0.4 is 5.73 Å². The molecule has 1 aliphatic heterocycles. The Labute approximate surface area is 118 Å². The quantitative estimate of drug-likeness (QED) is 0.852. The van der Waals surface area contributed by atoms with Crippen LogP contribution in [0.5, 0.6) is 0 Å². The maximum Gasteiger partial charge on any atom is 0.0697 e. The van der Waals surface area contributed by atoms with Gasteiger partial charge in [0.1, 0.15) is 0 Å². The highest BCUT2D eigenvalue weighted by molar-refractivity contribution is 4.93. The predicted molar refractivity (Wildman–Crippen MR) is 80.3 cm³/mol. The van der Waals surface area contributed by atoms with Gasteiger partial charge in [-0.05, 0) is 44.7 Å². The number of hydrogen-bond donors (Lipinski definition) is 1. The van der Waals surface area contributed by atoms with Crippen molar-refractivity contribution in [1.82, 2.24) is 4.90 Å². The van der Waals surface area contributed by atoms with Gasteiger partial charge in [-0.3, -0.25) is 0 Å². The van der Waals surface area contributed by atoms with E-state index in [0.29, 0.717) is 6.04 Å². The lowest BCUT2D eigenvalue weighted by Crippen LogP contribution is -2.50. The number of nitrogens with zero attached hydrogens (tertiary/aromatic N) is 1. The minimum absolute atomic E-state index is 0.211. The summed E-state index contributed by atoms with van der Waals surface area (Å²) in [5.74, 6) is 0. The van der Waals surface area contributed by atoms with Crippen molar-refractivity contribution < 1.29 is 4.74 Å². The van der Waals surface area contributed by atoms with E-state index in [1.807, 2.05) is 0 Å². The molecule has 2 aliphatic rings. The summed E-state index contributed by atoms with van der Waals surface area (Å²) in [7, 11) is 2.27. The molecule has 0 amide bonds. The first-order valence-electron chi connectivity index (χ1n) is 8.01. The summed E-state index contributed by atoms with van der Waals surface area (Å²) in [6, 6.07) is 0.678. The molecule has 3 nitrogen and oxygen atoms in total. The predicted octanol–water partition coefficient (Wildman–Crippen LogP) is 2.79. The summed E-state index contributed by atoms with van der Waals surface area (Å²) in [6.07, 6.45) is 9.06. The van der Waals surface area contributed by atoms with Crippen LogP contribution in [-0.4, -0.2) is 43.3 Å². The van der Waals surface area contributed by atoms with Gasteiger partial charge in [-0.15, -0.1) is 0 Å². The van der Waals surface area contributed by atoms with Gasteiger partial charge in [0, 0.05) is 19.2 Å². The Bertz CT molecular complexity index is 279. The second kappa shape index (κ2) is 6.11. The van der Waals surface area contributed by atoms with Crippen molar-refractivity contribution in [1.29, 1.82) is 0 Å². The Balaban J connectivity index is 1.93. The Morgan fingerprint density at radius 1 is 1.26 bits per heavy atom. The largest absolute Gasteiger partial charge is 0.375 e. The summed E-state index contributed by atoms with van der Waals surface area (Å²) in [4.78, 5) is 2.53. The topological polar surface area (TPSA) is 38.5 Å². The van der Waals surface area contributed by atoms with E-state index >= 15 is 0 Å². The molecule has 0 aromatic rings. The van der Waals surface area contributed by atoms with Gasteiger partial charge < -0.3 is 15.4 Å². The maximum atomic E-state index is 6.19. The van der Waals surface area contributed by atoms with Gasteiger partial charge in [-0.2, -0.15) is 0 Å². The monoisotopic (exact) mass is 268 g/mol. The van der Waals surface area contributed by atoms with E-state index in [-0.39, 0.29) is 11.0 Å². The zero-order valence-corrected chi connectivity index (χ0v) is 13.1. The molecule has 0 radical (unpaired) electrons.